The van der Waals surface area contributed by atoms with E-state index in [0.29, 0.717) is 6.07 Å². The van der Waals surface area contributed by atoms with Crippen LogP contribution in [0.2, 0.25) is 0 Å². The number of amidine groups is 1. The average Bonchev–Trinajstić information content (AvgIpc) is 2.94. The highest BCUT2D eigenvalue weighted by Crippen LogP contribution is 2.50. The number of hydrogen-bond acceptors (Lipinski definition) is 8. The fourth-order valence-corrected chi connectivity index (χ4v) is 4.84. The standard InChI is InChI=1S/C17H21F2N2O6P/c1-4-24-28(23,25-5-2)10-15-20-27-17(12-6-13(18)8-14(19)7-12)16(22)26-11(3)9-21(15)17/h6-8,11H,4-5,9-10H2,1-3H3/t11-,17+/m1/s1. The number of benzene rings is 1. The summed E-state index contributed by atoms with van der Waals surface area (Å²) in [6.07, 6.45) is -0.821. The molecule has 1 aromatic carbocycles. The van der Waals surface area contributed by atoms with E-state index >= 15 is 0 Å². The minimum Gasteiger partial charge on any atom is -0.456 e. The molecule has 11 heteroatoms. The lowest BCUT2D eigenvalue weighted by molar-refractivity contribution is -0.210. The Morgan fingerprint density at radius 1 is 1.25 bits per heavy atom. The van der Waals surface area contributed by atoms with E-state index in [1.807, 2.05) is 0 Å². The SMILES string of the molecule is CCOP(=O)(CC1=NO[C@@]2(c3cc(F)cc(F)c3)C(=O)O[C@H](C)CN12)OCC. The maximum Gasteiger partial charge on any atom is 0.380 e. The van der Waals surface area contributed by atoms with Gasteiger partial charge in [-0.3, -0.25) is 9.46 Å². The molecular weight excluding hydrogens is 397 g/mol. The number of carbonyl (C=O) groups excluding carboxylic acids is 1. The molecule has 3 rings (SSSR count). The molecule has 2 aliphatic heterocycles. The van der Waals surface area contributed by atoms with Crippen molar-refractivity contribution in [1.29, 1.82) is 0 Å². The molecule has 0 saturated carbocycles. The zero-order valence-electron chi connectivity index (χ0n) is 15.7. The molecule has 0 N–H and O–H groups in total. The summed E-state index contributed by atoms with van der Waals surface area (Å²) in [5.74, 6) is -2.54. The number of fused-ring (bicyclic) bond motifs is 1. The molecule has 1 fully saturated rings. The fourth-order valence-electron chi connectivity index (χ4n) is 3.22. The topological polar surface area (TPSA) is 86.7 Å². The highest BCUT2D eigenvalue weighted by Gasteiger charge is 2.60. The summed E-state index contributed by atoms with van der Waals surface area (Å²) in [7, 11) is -3.56. The van der Waals surface area contributed by atoms with Crippen molar-refractivity contribution in [3.05, 3.63) is 35.4 Å². The van der Waals surface area contributed by atoms with Gasteiger partial charge < -0.3 is 18.6 Å². The van der Waals surface area contributed by atoms with Gasteiger partial charge in [-0.2, -0.15) is 0 Å². The fraction of sp³-hybridized carbons (Fsp3) is 0.529. The smallest absolute Gasteiger partial charge is 0.380 e. The van der Waals surface area contributed by atoms with Crippen LogP contribution < -0.4 is 0 Å². The summed E-state index contributed by atoms with van der Waals surface area (Å²) >= 11 is 0. The van der Waals surface area contributed by atoms with Crippen molar-refractivity contribution in [1.82, 2.24) is 4.90 Å². The summed E-state index contributed by atoms with van der Waals surface area (Å²) in [5, 5.41) is 3.89. The van der Waals surface area contributed by atoms with Gasteiger partial charge in [0, 0.05) is 11.6 Å². The third kappa shape index (κ3) is 3.64. The van der Waals surface area contributed by atoms with Gasteiger partial charge in [-0.25, -0.2) is 13.6 Å². The largest absolute Gasteiger partial charge is 0.456 e. The number of nitrogens with zero attached hydrogens (tertiary/aromatic N) is 2. The first kappa shape index (κ1) is 20.7. The lowest BCUT2D eigenvalue weighted by Gasteiger charge is -2.41. The number of hydrogen-bond donors (Lipinski definition) is 0. The first-order valence-electron chi connectivity index (χ1n) is 8.82. The van der Waals surface area contributed by atoms with Crippen LogP contribution in [0, 0.1) is 11.6 Å². The number of esters is 1. The maximum atomic E-state index is 13.8. The van der Waals surface area contributed by atoms with Crippen LogP contribution in [-0.4, -0.2) is 48.7 Å². The quantitative estimate of drug-likeness (QED) is 0.497. The molecule has 2 aliphatic rings. The first-order chi connectivity index (χ1) is 13.2. The number of cyclic esters (lactones) is 1. The molecule has 8 nitrogen and oxygen atoms in total. The monoisotopic (exact) mass is 418 g/mol. The van der Waals surface area contributed by atoms with E-state index in [4.69, 9.17) is 18.6 Å². The lowest BCUT2D eigenvalue weighted by Crippen LogP contribution is -2.60. The van der Waals surface area contributed by atoms with E-state index in [1.54, 1.807) is 20.8 Å². The molecule has 2 heterocycles. The van der Waals surface area contributed by atoms with Crippen molar-refractivity contribution < 1.29 is 36.8 Å². The van der Waals surface area contributed by atoms with Crippen molar-refractivity contribution in [2.75, 3.05) is 25.9 Å². The van der Waals surface area contributed by atoms with Crippen LogP contribution in [0.3, 0.4) is 0 Å². The summed E-state index contributed by atoms with van der Waals surface area (Å²) < 4.78 is 56.4. The molecular formula is C17H21F2N2O6P. The van der Waals surface area contributed by atoms with Gasteiger partial charge in [-0.05, 0) is 32.9 Å². The molecule has 154 valence electrons. The number of rotatable bonds is 7. The van der Waals surface area contributed by atoms with Crippen molar-refractivity contribution in [2.45, 2.75) is 32.6 Å². The van der Waals surface area contributed by atoms with Crippen molar-refractivity contribution in [3.63, 3.8) is 0 Å². The maximum absolute atomic E-state index is 13.8. The molecule has 0 spiro atoms. The number of morpholine rings is 1. The van der Waals surface area contributed by atoms with Gasteiger partial charge in [0.2, 0.25) is 0 Å². The van der Waals surface area contributed by atoms with Crippen LogP contribution in [0.4, 0.5) is 8.78 Å². The van der Waals surface area contributed by atoms with Crippen molar-refractivity contribution >= 4 is 19.4 Å². The van der Waals surface area contributed by atoms with E-state index < -0.39 is 37.0 Å². The molecule has 0 amide bonds. The molecule has 1 aromatic rings. The van der Waals surface area contributed by atoms with E-state index in [0.717, 1.165) is 12.1 Å². The van der Waals surface area contributed by atoms with Crippen LogP contribution in [0.25, 0.3) is 0 Å². The Balaban J connectivity index is 2.01. The average molecular weight is 418 g/mol. The Labute approximate surface area is 160 Å². The highest BCUT2D eigenvalue weighted by atomic mass is 31.2. The van der Waals surface area contributed by atoms with Crippen molar-refractivity contribution in [2.24, 2.45) is 5.16 Å². The van der Waals surface area contributed by atoms with Gasteiger partial charge in [0.05, 0.1) is 19.8 Å². The van der Waals surface area contributed by atoms with Crippen LogP contribution in [0.15, 0.2) is 23.4 Å². The molecule has 0 bridgehead atoms. The Hall–Kier alpha value is -2.03. The number of oxime groups is 1. The van der Waals surface area contributed by atoms with E-state index in [1.165, 1.54) is 4.90 Å². The summed E-state index contributed by atoms with van der Waals surface area (Å²) in [5.41, 5.74) is -2.13. The zero-order chi connectivity index (χ0) is 20.5. The predicted octanol–water partition coefficient (Wildman–Crippen LogP) is 2.97. The van der Waals surface area contributed by atoms with Gasteiger partial charge in [0.15, 0.2) is 5.84 Å². The Morgan fingerprint density at radius 3 is 2.43 bits per heavy atom. The third-order valence-corrected chi connectivity index (χ3v) is 6.21. The second kappa shape index (κ2) is 7.77. The Bertz CT molecular complexity index is 821. The molecule has 2 atom stereocenters. The summed E-state index contributed by atoms with van der Waals surface area (Å²) in [6, 6.07) is 2.61. The van der Waals surface area contributed by atoms with Crippen LogP contribution in [0.5, 0.6) is 0 Å². The molecule has 0 aromatic heterocycles. The first-order valence-corrected chi connectivity index (χ1v) is 10.6. The van der Waals surface area contributed by atoms with Gasteiger partial charge in [0.25, 0.3) is 0 Å². The number of carbonyl (C=O) groups is 1. The Kier molecular flexibility index (Phi) is 5.74. The number of ether oxygens (including phenoxy) is 1. The van der Waals surface area contributed by atoms with E-state index in [-0.39, 0.29) is 37.3 Å². The van der Waals surface area contributed by atoms with Gasteiger partial charge in [0.1, 0.15) is 23.9 Å². The van der Waals surface area contributed by atoms with Crippen molar-refractivity contribution in [3.8, 4) is 0 Å². The van der Waals surface area contributed by atoms with Gasteiger partial charge in [-0.15, -0.1) is 0 Å². The van der Waals surface area contributed by atoms with Gasteiger partial charge >= 0.3 is 19.3 Å². The van der Waals surface area contributed by atoms with Crippen LogP contribution >= 0.6 is 7.60 Å². The predicted molar refractivity (Wildman–Crippen MR) is 94.5 cm³/mol. The van der Waals surface area contributed by atoms with Crippen LogP contribution in [-0.2, 0) is 33.7 Å². The second-order valence-electron chi connectivity index (χ2n) is 6.33. The van der Waals surface area contributed by atoms with E-state index in [2.05, 4.69) is 5.16 Å². The molecule has 0 radical (unpaired) electrons. The molecule has 1 saturated heterocycles. The summed E-state index contributed by atoms with van der Waals surface area (Å²) in [6.45, 7) is 5.38. The minimum absolute atomic E-state index is 0.110. The van der Waals surface area contributed by atoms with E-state index in [9.17, 15) is 18.1 Å². The minimum atomic E-state index is -3.56. The highest BCUT2D eigenvalue weighted by molar-refractivity contribution is 7.54. The van der Waals surface area contributed by atoms with Gasteiger partial charge in [-0.1, -0.05) is 5.16 Å². The third-order valence-electron chi connectivity index (χ3n) is 4.24. The normalized spacial score (nSPS) is 24.5. The summed E-state index contributed by atoms with van der Waals surface area (Å²) in [4.78, 5) is 19.5. The molecule has 28 heavy (non-hydrogen) atoms. The zero-order valence-corrected chi connectivity index (χ0v) is 16.6. The molecule has 0 aliphatic carbocycles. The lowest BCUT2D eigenvalue weighted by atomic mass is 9.98. The van der Waals surface area contributed by atoms with Crippen LogP contribution in [0.1, 0.15) is 26.3 Å². The second-order valence-corrected chi connectivity index (χ2v) is 8.39. The molecule has 0 unspecified atom stereocenters. The number of halogens is 2. The Morgan fingerprint density at radius 2 is 1.86 bits per heavy atom.